The summed E-state index contributed by atoms with van der Waals surface area (Å²) in [4.78, 5) is 0. The molecule has 0 aromatic heterocycles. The second kappa shape index (κ2) is 6.42. The van der Waals surface area contributed by atoms with Crippen LogP contribution in [0.4, 0.5) is 0 Å². The first-order chi connectivity index (χ1) is 9.10. The highest BCUT2D eigenvalue weighted by atomic mass is 79.9. The fraction of sp³-hybridized carbons (Fsp3) is 0.200. The normalized spacial score (nSPS) is 12.4. The second-order valence-corrected chi connectivity index (χ2v) is 5.65. The summed E-state index contributed by atoms with van der Waals surface area (Å²) in [5.74, 6) is 0.291. The standard InChI is InChI=1S/C15H15BrClNO/c1-18-15(8-10-2-5-12(19)6-3-10)11-4-7-14(17)13(16)9-11/h2-7,9,15,18-19H,8H2,1H3. The molecule has 0 bridgehead atoms. The highest BCUT2D eigenvalue weighted by Gasteiger charge is 2.11. The van der Waals surface area contributed by atoms with E-state index in [0.29, 0.717) is 10.8 Å². The lowest BCUT2D eigenvalue weighted by molar-refractivity contribution is 0.475. The lowest BCUT2D eigenvalue weighted by atomic mass is 9.99. The van der Waals surface area contributed by atoms with E-state index in [1.165, 1.54) is 11.1 Å². The van der Waals surface area contributed by atoms with Gasteiger partial charge in [0.2, 0.25) is 0 Å². The molecular formula is C15H15BrClNO. The summed E-state index contributed by atoms with van der Waals surface area (Å²) >= 11 is 9.46. The average Bonchev–Trinajstić information content (AvgIpc) is 2.41. The van der Waals surface area contributed by atoms with Gasteiger partial charge < -0.3 is 10.4 Å². The van der Waals surface area contributed by atoms with Crippen LogP contribution < -0.4 is 5.32 Å². The highest BCUT2D eigenvalue weighted by molar-refractivity contribution is 9.10. The van der Waals surface area contributed by atoms with Crippen LogP contribution in [0.25, 0.3) is 0 Å². The van der Waals surface area contributed by atoms with Gasteiger partial charge in [-0.05, 0) is 64.8 Å². The molecule has 0 aliphatic carbocycles. The van der Waals surface area contributed by atoms with Crippen molar-refractivity contribution in [1.29, 1.82) is 0 Å². The van der Waals surface area contributed by atoms with E-state index >= 15 is 0 Å². The summed E-state index contributed by atoms with van der Waals surface area (Å²) in [5.41, 5.74) is 2.34. The predicted octanol–water partition coefficient (Wildman–Crippen LogP) is 4.31. The van der Waals surface area contributed by atoms with Gasteiger partial charge in [-0.1, -0.05) is 29.8 Å². The zero-order valence-corrected chi connectivity index (χ0v) is 12.9. The molecule has 0 amide bonds. The Morgan fingerprint density at radius 2 is 1.89 bits per heavy atom. The fourth-order valence-corrected chi connectivity index (χ4v) is 2.50. The number of benzene rings is 2. The lowest BCUT2D eigenvalue weighted by Gasteiger charge is -2.17. The van der Waals surface area contributed by atoms with Crippen LogP contribution in [0.5, 0.6) is 5.75 Å². The first-order valence-corrected chi connectivity index (χ1v) is 7.17. The Bertz CT molecular complexity index is 557. The maximum absolute atomic E-state index is 9.30. The molecule has 0 spiro atoms. The molecular weight excluding hydrogens is 326 g/mol. The molecule has 2 rings (SSSR count). The predicted molar refractivity (Wildman–Crippen MR) is 82.8 cm³/mol. The number of phenolic OH excluding ortho intramolecular Hbond substituents is 1. The largest absolute Gasteiger partial charge is 0.508 e. The third-order valence-corrected chi connectivity index (χ3v) is 4.28. The van der Waals surface area contributed by atoms with E-state index < -0.39 is 0 Å². The number of likely N-dealkylation sites (N-methyl/N-ethyl adjacent to an activating group) is 1. The quantitative estimate of drug-likeness (QED) is 0.869. The van der Waals surface area contributed by atoms with Crippen molar-refractivity contribution in [3.05, 3.63) is 63.1 Å². The van der Waals surface area contributed by atoms with Gasteiger partial charge in [-0.3, -0.25) is 0 Å². The molecule has 1 atom stereocenters. The molecule has 19 heavy (non-hydrogen) atoms. The third-order valence-electron chi connectivity index (χ3n) is 3.07. The van der Waals surface area contributed by atoms with Crippen LogP contribution >= 0.6 is 27.5 Å². The van der Waals surface area contributed by atoms with Gasteiger partial charge in [-0.25, -0.2) is 0 Å². The van der Waals surface area contributed by atoms with E-state index in [9.17, 15) is 5.11 Å². The average molecular weight is 341 g/mol. The number of hydrogen-bond acceptors (Lipinski definition) is 2. The molecule has 2 nitrogen and oxygen atoms in total. The summed E-state index contributed by atoms with van der Waals surface area (Å²) in [6, 6.07) is 13.4. The molecule has 2 aromatic carbocycles. The van der Waals surface area contributed by atoms with Crippen LogP contribution in [0.15, 0.2) is 46.9 Å². The van der Waals surface area contributed by atoms with Crippen molar-refractivity contribution in [3.8, 4) is 5.75 Å². The number of nitrogens with one attached hydrogen (secondary N) is 1. The third kappa shape index (κ3) is 3.72. The fourth-order valence-electron chi connectivity index (χ4n) is 1.98. The molecule has 0 radical (unpaired) electrons. The number of phenols is 1. The Labute approximate surface area is 126 Å². The summed E-state index contributed by atoms with van der Waals surface area (Å²) in [5, 5.41) is 13.3. The van der Waals surface area contributed by atoms with Crippen molar-refractivity contribution in [1.82, 2.24) is 5.32 Å². The van der Waals surface area contributed by atoms with Gasteiger partial charge >= 0.3 is 0 Å². The molecule has 2 aromatic rings. The smallest absolute Gasteiger partial charge is 0.115 e. The van der Waals surface area contributed by atoms with E-state index in [1.54, 1.807) is 12.1 Å². The van der Waals surface area contributed by atoms with Gasteiger partial charge in [0.25, 0.3) is 0 Å². The number of rotatable bonds is 4. The molecule has 0 fully saturated rings. The lowest BCUT2D eigenvalue weighted by Crippen LogP contribution is -2.18. The molecule has 4 heteroatoms. The molecule has 0 heterocycles. The van der Waals surface area contributed by atoms with Crippen LogP contribution in [0.1, 0.15) is 17.2 Å². The molecule has 0 aliphatic rings. The van der Waals surface area contributed by atoms with E-state index in [1.807, 2.05) is 37.4 Å². The second-order valence-electron chi connectivity index (χ2n) is 4.39. The van der Waals surface area contributed by atoms with Gasteiger partial charge in [0, 0.05) is 10.5 Å². The Morgan fingerprint density at radius 1 is 1.21 bits per heavy atom. The minimum Gasteiger partial charge on any atom is -0.508 e. The van der Waals surface area contributed by atoms with E-state index in [0.717, 1.165) is 10.9 Å². The maximum Gasteiger partial charge on any atom is 0.115 e. The Balaban J connectivity index is 2.19. The number of aromatic hydroxyl groups is 1. The molecule has 2 N–H and O–H groups in total. The van der Waals surface area contributed by atoms with Crippen LogP contribution in [-0.4, -0.2) is 12.2 Å². The SMILES string of the molecule is CNC(Cc1ccc(O)cc1)c1ccc(Cl)c(Br)c1. The minimum atomic E-state index is 0.207. The molecule has 100 valence electrons. The van der Waals surface area contributed by atoms with Gasteiger partial charge in [-0.15, -0.1) is 0 Å². The van der Waals surface area contributed by atoms with Crippen molar-refractivity contribution in [3.63, 3.8) is 0 Å². The zero-order chi connectivity index (χ0) is 13.8. The van der Waals surface area contributed by atoms with Crippen LogP contribution in [-0.2, 0) is 6.42 Å². The number of hydrogen-bond donors (Lipinski definition) is 2. The van der Waals surface area contributed by atoms with E-state index in [2.05, 4.69) is 21.2 Å². The Kier molecular flexibility index (Phi) is 4.86. The van der Waals surface area contributed by atoms with Crippen molar-refractivity contribution < 1.29 is 5.11 Å². The van der Waals surface area contributed by atoms with E-state index in [4.69, 9.17) is 11.6 Å². The molecule has 0 saturated carbocycles. The topological polar surface area (TPSA) is 32.3 Å². The van der Waals surface area contributed by atoms with Crippen LogP contribution in [0, 0.1) is 0 Å². The van der Waals surface area contributed by atoms with Gasteiger partial charge in [0.1, 0.15) is 5.75 Å². The number of halogens is 2. The van der Waals surface area contributed by atoms with E-state index in [-0.39, 0.29) is 6.04 Å². The van der Waals surface area contributed by atoms with Crippen molar-refractivity contribution >= 4 is 27.5 Å². The van der Waals surface area contributed by atoms with Gasteiger partial charge in [-0.2, -0.15) is 0 Å². The highest BCUT2D eigenvalue weighted by Crippen LogP contribution is 2.27. The molecule has 0 aliphatic heterocycles. The first kappa shape index (κ1) is 14.4. The summed E-state index contributed by atoms with van der Waals surface area (Å²) in [7, 11) is 1.94. The van der Waals surface area contributed by atoms with Crippen LogP contribution in [0.2, 0.25) is 5.02 Å². The zero-order valence-electron chi connectivity index (χ0n) is 10.5. The van der Waals surface area contributed by atoms with Crippen LogP contribution in [0.3, 0.4) is 0 Å². The first-order valence-electron chi connectivity index (χ1n) is 6.00. The summed E-state index contributed by atoms with van der Waals surface area (Å²) in [6.07, 6.45) is 0.852. The Morgan fingerprint density at radius 3 is 2.47 bits per heavy atom. The Hall–Kier alpha value is -1.03. The monoisotopic (exact) mass is 339 g/mol. The summed E-state index contributed by atoms with van der Waals surface area (Å²) in [6.45, 7) is 0. The maximum atomic E-state index is 9.30. The van der Waals surface area contributed by atoms with Gasteiger partial charge in [0.15, 0.2) is 0 Å². The van der Waals surface area contributed by atoms with Gasteiger partial charge in [0.05, 0.1) is 5.02 Å². The van der Waals surface area contributed by atoms with Crippen molar-refractivity contribution in [2.75, 3.05) is 7.05 Å². The molecule has 0 saturated heterocycles. The summed E-state index contributed by atoms with van der Waals surface area (Å²) < 4.78 is 0.901. The minimum absolute atomic E-state index is 0.207. The van der Waals surface area contributed by atoms with Crippen molar-refractivity contribution in [2.24, 2.45) is 0 Å². The van der Waals surface area contributed by atoms with Crippen molar-refractivity contribution in [2.45, 2.75) is 12.5 Å². The molecule has 1 unspecified atom stereocenters.